The van der Waals surface area contributed by atoms with Crippen LogP contribution in [-0.2, 0) is 4.74 Å². The van der Waals surface area contributed by atoms with Crippen molar-refractivity contribution in [1.82, 2.24) is 4.90 Å². The molecule has 0 saturated heterocycles. The van der Waals surface area contributed by atoms with Crippen LogP contribution in [0.2, 0.25) is 0 Å². The van der Waals surface area contributed by atoms with Gasteiger partial charge in [-0.2, -0.15) is 18.4 Å². The minimum Gasteiger partial charge on any atom is -0.481 e. The topological polar surface area (TPSA) is 48.6 Å². The number of thiophene rings is 1. The van der Waals surface area contributed by atoms with Crippen molar-refractivity contribution in [2.75, 3.05) is 13.7 Å². The number of nitriles is 1. The largest absolute Gasteiger partial charge is 0.481 e. The lowest BCUT2D eigenvalue weighted by Gasteiger charge is -2.38. The van der Waals surface area contributed by atoms with E-state index < -0.39 is 29.0 Å². The Morgan fingerprint density at radius 1 is 1.16 bits per heavy atom. The van der Waals surface area contributed by atoms with Crippen molar-refractivity contribution >= 4 is 32.7 Å². The maximum Gasteiger partial charge on any atom is 0.417 e. The van der Waals surface area contributed by atoms with E-state index >= 15 is 4.39 Å². The van der Waals surface area contributed by atoms with Crippen LogP contribution in [0.25, 0.3) is 15.7 Å². The van der Waals surface area contributed by atoms with Gasteiger partial charge in [0, 0.05) is 39.7 Å². The molecule has 1 heterocycles. The second-order valence-corrected chi connectivity index (χ2v) is 12.7. The molecule has 0 bridgehead atoms. The first kappa shape index (κ1) is 35.0. The number of benzene rings is 1. The van der Waals surface area contributed by atoms with Gasteiger partial charge in [-0.3, -0.25) is 0 Å². The van der Waals surface area contributed by atoms with Gasteiger partial charge < -0.3 is 9.64 Å². The molecular formula is C34H40F5N3OS. The van der Waals surface area contributed by atoms with Gasteiger partial charge in [0.1, 0.15) is 17.6 Å². The Labute approximate surface area is 260 Å². The highest BCUT2D eigenvalue weighted by molar-refractivity contribution is 7.19. The lowest BCUT2D eigenvalue weighted by Crippen LogP contribution is -2.39. The van der Waals surface area contributed by atoms with E-state index in [0.717, 1.165) is 48.8 Å². The van der Waals surface area contributed by atoms with E-state index in [0.29, 0.717) is 23.0 Å². The van der Waals surface area contributed by atoms with Crippen molar-refractivity contribution in [3.63, 3.8) is 0 Å². The van der Waals surface area contributed by atoms with Gasteiger partial charge >= 0.3 is 6.18 Å². The lowest BCUT2D eigenvalue weighted by atomic mass is 9.84. The van der Waals surface area contributed by atoms with Gasteiger partial charge in [0.2, 0.25) is 5.88 Å². The number of hydrogen-bond donors (Lipinski definition) is 0. The van der Waals surface area contributed by atoms with Crippen LogP contribution in [0.3, 0.4) is 0 Å². The smallest absolute Gasteiger partial charge is 0.417 e. The highest BCUT2D eigenvalue weighted by atomic mass is 32.1. The number of ether oxygens (including phenoxy) is 1. The zero-order valence-electron chi connectivity index (χ0n) is 26.5. The number of aryl methyl sites for hydroxylation is 1. The van der Waals surface area contributed by atoms with Crippen LogP contribution in [0.4, 0.5) is 22.0 Å². The fourth-order valence-electron chi connectivity index (χ4n) is 5.69. The van der Waals surface area contributed by atoms with Gasteiger partial charge in [0.15, 0.2) is 5.83 Å². The van der Waals surface area contributed by atoms with Gasteiger partial charge in [-0.25, -0.2) is 13.8 Å². The highest BCUT2D eigenvalue weighted by Crippen LogP contribution is 2.48. The molecule has 0 radical (unpaired) electrons. The Balaban J connectivity index is 2.43. The van der Waals surface area contributed by atoms with E-state index in [-0.39, 0.29) is 50.3 Å². The van der Waals surface area contributed by atoms with Gasteiger partial charge in [-0.15, -0.1) is 11.3 Å². The molecule has 2 aromatic rings. The second kappa shape index (κ2) is 14.1. The van der Waals surface area contributed by atoms with E-state index in [4.69, 9.17) is 4.74 Å². The normalized spacial score (nSPS) is 17.6. The SMILES string of the molecule is C=C(/N=C1/C(F)=C(c2ccc(F)c3sc(C)c(C#N)c23)C(C(F)(F)F)=C/C1=C(/C)N(CC)C(CCC(C)CC)C(C)C)OC. The van der Waals surface area contributed by atoms with Crippen molar-refractivity contribution in [3.8, 4) is 6.07 Å². The van der Waals surface area contributed by atoms with Crippen LogP contribution >= 0.6 is 11.3 Å². The molecular weight excluding hydrogens is 593 g/mol. The Hall–Kier alpha value is -3.45. The van der Waals surface area contributed by atoms with Crippen LogP contribution in [0.15, 0.2) is 58.3 Å². The molecule has 0 spiro atoms. The van der Waals surface area contributed by atoms with Gasteiger partial charge in [0.05, 0.1) is 22.9 Å². The molecule has 1 aliphatic rings. The first-order chi connectivity index (χ1) is 20.6. The summed E-state index contributed by atoms with van der Waals surface area (Å²) in [6, 6.07) is 4.02. The van der Waals surface area contributed by atoms with Crippen LogP contribution in [0.5, 0.6) is 0 Å². The van der Waals surface area contributed by atoms with E-state index in [1.54, 1.807) is 13.8 Å². The summed E-state index contributed by atoms with van der Waals surface area (Å²) in [6.45, 7) is 17.7. The van der Waals surface area contributed by atoms with Gasteiger partial charge in [-0.05, 0) is 69.7 Å². The first-order valence-electron chi connectivity index (χ1n) is 14.7. The molecule has 2 atom stereocenters. The number of hydrogen-bond acceptors (Lipinski definition) is 5. The summed E-state index contributed by atoms with van der Waals surface area (Å²) >= 11 is 0.936. The van der Waals surface area contributed by atoms with Crippen LogP contribution < -0.4 is 0 Å². The zero-order valence-corrected chi connectivity index (χ0v) is 27.4. The average molecular weight is 634 g/mol. The summed E-state index contributed by atoms with van der Waals surface area (Å²) in [5, 5.41) is 9.76. The van der Waals surface area contributed by atoms with Crippen molar-refractivity contribution < 1.29 is 26.7 Å². The lowest BCUT2D eigenvalue weighted by molar-refractivity contribution is -0.0872. The summed E-state index contributed by atoms with van der Waals surface area (Å²) < 4.78 is 81.5. The molecule has 0 amide bonds. The van der Waals surface area contributed by atoms with Gasteiger partial charge in [-0.1, -0.05) is 40.2 Å². The first-order valence-corrected chi connectivity index (χ1v) is 15.5. The number of alkyl halides is 3. The van der Waals surface area contributed by atoms with Gasteiger partial charge in [0.25, 0.3) is 0 Å². The van der Waals surface area contributed by atoms with E-state index in [1.165, 1.54) is 7.11 Å². The molecule has 0 N–H and O–H groups in total. The molecule has 44 heavy (non-hydrogen) atoms. The van der Waals surface area contributed by atoms with E-state index in [1.807, 2.05) is 17.9 Å². The van der Waals surface area contributed by atoms with Crippen molar-refractivity contribution in [2.24, 2.45) is 16.8 Å². The third kappa shape index (κ3) is 6.93. The minimum atomic E-state index is -4.99. The quantitative estimate of drug-likeness (QED) is 0.183. The molecule has 238 valence electrons. The van der Waals surface area contributed by atoms with Crippen molar-refractivity contribution in [1.29, 1.82) is 5.26 Å². The molecule has 0 aliphatic heterocycles. The molecule has 1 aliphatic carbocycles. The summed E-state index contributed by atoms with van der Waals surface area (Å²) in [6.07, 6.45) is -1.33. The fourth-order valence-corrected chi connectivity index (χ4v) is 6.73. The van der Waals surface area contributed by atoms with Crippen molar-refractivity contribution in [2.45, 2.75) is 79.9 Å². The molecule has 4 nitrogen and oxygen atoms in total. The molecule has 0 saturated carbocycles. The molecule has 2 unspecified atom stereocenters. The Morgan fingerprint density at radius 2 is 1.82 bits per heavy atom. The number of fused-ring (bicyclic) bond motifs is 1. The number of halogens is 5. The standard InChI is InChI=1S/C34H40F5N3OS/c1-10-19(5)12-15-28(18(3)4)42(11-2)20(6)24-16-26(34(37,38)39)30(31(36)32(24)41-22(8)43-9)23-13-14-27(35)33-29(23)25(17-40)21(7)44-33/h13-14,16,18-19,28H,8,10-12,15H2,1-7,9H3/b24-20+,41-32+. The Morgan fingerprint density at radius 3 is 2.34 bits per heavy atom. The van der Waals surface area contributed by atoms with Crippen LogP contribution in [0, 0.1) is 35.9 Å². The third-order valence-corrected chi connectivity index (χ3v) is 9.46. The summed E-state index contributed by atoms with van der Waals surface area (Å²) in [5.74, 6) is -1.53. The summed E-state index contributed by atoms with van der Waals surface area (Å²) in [7, 11) is 1.28. The average Bonchev–Trinajstić information content (AvgIpc) is 3.31. The van der Waals surface area contributed by atoms with Crippen LogP contribution in [0.1, 0.15) is 76.8 Å². The van der Waals surface area contributed by atoms with Crippen LogP contribution in [-0.4, -0.2) is 36.5 Å². The Kier molecular flexibility index (Phi) is 11.2. The zero-order chi connectivity index (χ0) is 33.1. The minimum absolute atomic E-state index is 0.00289. The molecule has 1 aromatic carbocycles. The maximum atomic E-state index is 16.9. The monoisotopic (exact) mass is 633 g/mol. The Bertz CT molecular complexity index is 1590. The highest BCUT2D eigenvalue weighted by Gasteiger charge is 2.43. The predicted molar refractivity (Wildman–Crippen MR) is 169 cm³/mol. The predicted octanol–water partition coefficient (Wildman–Crippen LogP) is 10.4. The molecule has 1 aromatic heterocycles. The number of aliphatic imine (C=N–C) groups is 1. The number of rotatable bonds is 11. The number of allylic oxidation sites excluding steroid dienone is 6. The van der Waals surface area contributed by atoms with E-state index in [9.17, 15) is 22.8 Å². The number of methoxy groups -OCH3 is 1. The summed E-state index contributed by atoms with van der Waals surface area (Å²) in [5.41, 5.74) is -2.28. The fraction of sp³-hybridized carbons (Fsp3) is 0.471. The van der Waals surface area contributed by atoms with E-state index in [2.05, 4.69) is 39.3 Å². The second-order valence-electron chi connectivity index (χ2n) is 11.4. The molecule has 10 heteroatoms. The maximum absolute atomic E-state index is 16.9. The third-order valence-electron chi connectivity index (χ3n) is 8.35. The summed E-state index contributed by atoms with van der Waals surface area (Å²) in [4.78, 5) is 6.65. The number of nitrogens with zero attached hydrogens (tertiary/aromatic N) is 3. The molecule has 3 rings (SSSR count). The molecule has 0 fully saturated rings. The van der Waals surface area contributed by atoms with Crippen molar-refractivity contribution in [3.05, 3.63) is 75.2 Å².